The monoisotopic (exact) mass is 309 g/mol. The Morgan fingerprint density at radius 1 is 1.14 bits per heavy atom. The smallest absolute Gasteiger partial charge is 0.251 e. The van der Waals surface area contributed by atoms with Gasteiger partial charge in [0.1, 0.15) is 24.4 Å². The van der Waals surface area contributed by atoms with Crippen molar-refractivity contribution in [1.29, 1.82) is 0 Å². The molecular weight excluding hydrogens is 286 g/mol. The number of rotatable bonds is 11. The van der Waals surface area contributed by atoms with Crippen LogP contribution in [-0.2, 0) is 9.53 Å². The van der Waals surface area contributed by atoms with Gasteiger partial charge in [-0.15, -0.1) is 6.58 Å². The zero-order valence-electron chi connectivity index (χ0n) is 11.5. The Hall–Kier alpha value is -1.07. The minimum absolute atomic E-state index is 0.0639. The lowest BCUT2D eigenvalue weighted by atomic mass is 9.99. The second-order valence-corrected chi connectivity index (χ2v) is 4.32. The van der Waals surface area contributed by atoms with Gasteiger partial charge >= 0.3 is 0 Å². The molecule has 9 nitrogen and oxygen atoms in total. The summed E-state index contributed by atoms with van der Waals surface area (Å²) in [6.07, 6.45) is -8.16. The third kappa shape index (κ3) is 6.96. The molecule has 0 aromatic rings. The van der Waals surface area contributed by atoms with Crippen molar-refractivity contribution in [2.24, 2.45) is 0 Å². The Labute approximate surface area is 122 Å². The number of aliphatic hydroxyl groups is 6. The summed E-state index contributed by atoms with van der Waals surface area (Å²) in [6, 6.07) is 0. The number of amides is 1. The summed E-state index contributed by atoms with van der Waals surface area (Å²) in [7, 11) is 0. The van der Waals surface area contributed by atoms with Gasteiger partial charge in [-0.1, -0.05) is 6.08 Å². The largest absolute Gasteiger partial charge is 0.394 e. The number of carbonyl (C=O) groups is 1. The van der Waals surface area contributed by atoms with Crippen LogP contribution in [0.1, 0.15) is 0 Å². The maximum atomic E-state index is 11.5. The Balaban J connectivity index is 4.25. The first kappa shape index (κ1) is 19.9. The predicted octanol–water partition coefficient (Wildman–Crippen LogP) is -3.90. The van der Waals surface area contributed by atoms with Crippen LogP contribution in [0.5, 0.6) is 0 Å². The van der Waals surface area contributed by atoms with Crippen molar-refractivity contribution in [2.75, 3.05) is 26.4 Å². The van der Waals surface area contributed by atoms with Crippen LogP contribution in [-0.4, -0.2) is 93.4 Å². The van der Waals surface area contributed by atoms with Crippen LogP contribution in [0.25, 0.3) is 0 Å². The quantitative estimate of drug-likeness (QED) is 0.151. The molecule has 5 atom stereocenters. The van der Waals surface area contributed by atoms with Gasteiger partial charge in [-0.3, -0.25) is 4.79 Å². The van der Waals surface area contributed by atoms with Gasteiger partial charge in [0.25, 0.3) is 5.91 Å². The Bertz CT molecular complexity index is 314. The molecule has 0 aliphatic heterocycles. The molecule has 1 amide bonds. The van der Waals surface area contributed by atoms with Gasteiger partial charge in [-0.25, -0.2) is 0 Å². The van der Waals surface area contributed by atoms with Gasteiger partial charge < -0.3 is 40.7 Å². The van der Waals surface area contributed by atoms with Gasteiger partial charge in [0.05, 0.1) is 19.8 Å². The number of hydrogen-bond donors (Lipinski definition) is 7. The van der Waals surface area contributed by atoms with E-state index in [4.69, 9.17) is 14.9 Å². The molecule has 0 aliphatic rings. The summed E-state index contributed by atoms with van der Waals surface area (Å²) in [6.45, 7) is 3.10. The van der Waals surface area contributed by atoms with Gasteiger partial charge in [0, 0.05) is 6.54 Å². The molecule has 0 rings (SSSR count). The molecule has 0 aromatic heterocycles. The summed E-state index contributed by atoms with van der Waals surface area (Å²) in [5.41, 5.74) is 0. The highest BCUT2D eigenvalue weighted by Gasteiger charge is 2.36. The summed E-state index contributed by atoms with van der Waals surface area (Å²) in [4.78, 5) is 11.5. The second kappa shape index (κ2) is 10.6. The number of nitrogens with one attached hydrogen (secondary N) is 1. The maximum Gasteiger partial charge on any atom is 0.251 e. The van der Waals surface area contributed by atoms with Gasteiger partial charge in [0.2, 0.25) is 0 Å². The minimum atomic E-state index is -2.03. The highest BCUT2D eigenvalue weighted by atomic mass is 16.5. The summed E-state index contributed by atoms with van der Waals surface area (Å²) in [5, 5.41) is 57.9. The molecule has 0 fully saturated rings. The Morgan fingerprint density at radius 3 is 2.29 bits per heavy atom. The van der Waals surface area contributed by atoms with Crippen LogP contribution < -0.4 is 5.32 Å². The van der Waals surface area contributed by atoms with E-state index in [0.29, 0.717) is 6.61 Å². The first-order chi connectivity index (χ1) is 9.86. The fourth-order valence-corrected chi connectivity index (χ4v) is 1.40. The molecular formula is C12H23NO8. The van der Waals surface area contributed by atoms with Crippen molar-refractivity contribution in [3.05, 3.63) is 12.7 Å². The van der Waals surface area contributed by atoms with E-state index in [-0.39, 0.29) is 13.2 Å². The van der Waals surface area contributed by atoms with Gasteiger partial charge in [0.15, 0.2) is 6.10 Å². The van der Waals surface area contributed by atoms with Gasteiger partial charge in [-0.05, 0) is 0 Å². The maximum absolute atomic E-state index is 11.5. The average molecular weight is 309 g/mol. The van der Waals surface area contributed by atoms with Crippen molar-refractivity contribution in [1.82, 2.24) is 5.32 Å². The van der Waals surface area contributed by atoms with E-state index in [1.165, 1.54) is 6.08 Å². The highest BCUT2D eigenvalue weighted by molar-refractivity contribution is 5.81. The van der Waals surface area contributed by atoms with E-state index in [0.717, 1.165) is 0 Å². The first-order valence-electron chi connectivity index (χ1n) is 6.34. The lowest BCUT2D eigenvalue weighted by Gasteiger charge is -2.27. The van der Waals surface area contributed by atoms with Crippen molar-refractivity contribution in [3.63, 3.8) is 0 Å². The van der Waals surface area contributed by atoms with E-state index in [9.17, 15) is 25.2 Å². The number of ether oxygens (including phenoxy) is 1. The zero-order valence-corrected chi connectivity index (χ0v) is 11.5. The molecule has 0 heterocycles. The zero-order chi connectivity index (χ0) is 16.4. The molecule has 21 heavy (non-hydrogen) atoms. The number of aliphatic hydroxyl groups excluding tert-OH is 6. The molecule has 0 saturated carbocycles. The van der Waals surface area contributed by atoms with Crippen molar-refractivity contribution in [2.45, 2.75) is 30.5 Å². The van der Waals surface area contributed by atoms with E-state index in [1.54, 1.807) is 0 Å². The molecule has 0 aliphatic carbocycles. The molecule has 0 aromatic carbocycles. The summed E-state index contributed by atoms with van der Waals surface area (Å²) in [5.74, 6) is -0.977. The average Bonchev–Trinajstić information content (AvgIpc) is 2.50. The number of carbonyl (C=O) groups excluding carboxylic acids is 1. The summed E-state index contributed by atoms with van der Waals surface area (Å²) < 4.78 is 4.98. The van der Waals surface area contributed by atoms with E-state index in [2.05, 4.69) is 11.9 Å². The normalized spacial score (nSPS) is 18.4. The minimum Gasteiger partial charge on any atom is -0.394 e. The van der Waals surface area contributed by atoms with E-state index >= 15 is 0 Å². The third-order valence-electron chi connectivity index (χ3n) is 2.65. The predicted molar refractivity (Wildman–Crippen MR) is 71.1 cm³/mol. The molecule has 7 N–H and O–H groups in total. The lowest BCUT2D eigenvalue weighted by molar-refractivity contribution is -0.157. The van der Waals surface area contributed by atoms with Crippen molar-refractivity contribution in [3.8, 4) is 0 Å². The third-order valence-corrected chi connectivity index (χ3v) is 2.65. The molecule has 0 spiro atoms. The molecule has 9 heteroatoms. The standard InChI is InChI=1S/C12H23NO8/c1-2-4-21-5-3-13-12(20)11(19)10(18)9(17)8(16)7(15)6-14/h2,7-11,14-19H,1,3-6H2,(H,13,20)/t7-,8+,9-,10-,11-/m1/s1. The summed E-state index contributed by atoms with van der Waals surface area (Å²) >= 11 is 0. The molecule has 0 bridgehead atoms. The van der Waals surface area contributed by atoms with E-state index < -0.39 is 43.0 Å². The van der Waals surface area contributed by atoms with Crippen molar-refractivity contribution >= 4 is 5.91 Å². The van der Waals surface area contributed by atoms with E-state index in [1.807, 2.05) is 0 Å². The fraction of sp³-hybridized carbons (Fsp3) is 0.750. The van der Waals surface area contributed by atoms with Crippen LogP contribution in [0, 0.1) is 0 Å². The number of hydrogen-bond acceptors (Lipinski definition) is 8. The fourth-order valence-electron chi connectivity index (χ4n) is 1.40. The molecule has 0 saturated heterocycles. The van der Waals surface area contributed by atoms with Gasteiger partial charge in [-0.2, -0.15) is 0 Å². The first-order valence-corrected chi connectivity index (χ1v) is 6.34. The molecule has 0 unspecified atom stereocenters. The Morgan fingerprint density at radius 2 is 1.76 bits per heavy atom. The van der Waals surface area contributed by atoms with Crippen LogP contribution >= 0.6 is 0 Å². The second-order valence-electron chi connectivity index (χ2n) is 4.32. The topological polar surface area (TPSA) is 160 Å². The van der Waals surface area contributed by atoms with Crippen molar-refractivity contribution < 1.29 is 40.2 Å². The van der Waals surface area contributed by atoms with Crippen LogP contribution in [0.15, 0.2) is 12.7 Å². The molecule has 124 valence electrons. The van der Waals surface area contributed by atoms with Crippen LogP contribution in [0.2, 0.25) is 0 Å². The highest BCUT2D eigenvalue weighted by Crippen LogP contribution is 2.08. The van der Waals surface area contributed by atoms with Crippen LogP contribution in [0.4, 0.5) is 0 Å². The SMILES string of the molecule is C=CCOCCNC(=O)[C@H](O)[C@H](O)[C@H](O)[C@@H](O)[C@H](O)CO. The van der Waals surface area contributed by atoms with Crippen LogP contribution in [0.3, 0.4) is 0 Å². The lowest BCUT2D eigenvalue weighted by Crippen LogP contribution is -2.54. The Kier molecular flexibility index (Phi) is 10.1. The molecule has 0 radical (unpaired) electrons.